The number of imide groups is 1. The van der Waals surface area contributed by atoms with Crippen LogP contribution in [0.5, 0.6) is 5.75 Å². The highest BCUT2D eigenvalue weighted by atomic mass is 16.5. The van der Waals surface area contributed by atoms with E-state index in [1.165, 1.54) is 6.26 Å². The predicted molar refractivity (Wildman–Crippen MR) is 115 cm³/mol. The average Bonchev–Trinajstić information content (AvgIpc) is 3.32. The van der Waals surface area contributed by atoms with Crippen LogP contribution in [0.4, 0.5) is 4.79 Å². The standard InChI is InChI=1S/C23H28N2O7/c1-2-3-4-13-30-18-9-7-17(8-10-18)20(26)11-12-22(28)32-16-21(27)25-23(29)24-15-19-6-5-14-31-19/h5-10,14H,2-4,11-13,15-16H2,1H3,(H2,24,25,27,29). The first-order valence-corrected chi connectivity index (χ1v) is 10.5. The lowest BCUT2D eigenvalue weighted by atomic mass is 10.1. The van der Waals surface area contributed by atoms with Crippen molar-refractivity contribution in [3.05, 3.63) is 54.0 Å². The van der Waals surface area contributed by atoms with Gasteiger partial charge in [-0.05, 0) is 42.8 Å². The molecule has 0 fully saturated rings. The van der Waals surface area contributed by atoms with Crippen LogP contribution in [-0.4, -0.2) is 36.9 Å². The Morgan fingerprint density at radius 1 is 1.00 bits per heavy atom. The van der Waals surface area contributed by atoms with Crippen LogP contribution in [0.1, 0.15) is 55.1 Å². The molecule has 3 amide bonds. The van der Waals surface area contributed by atoms with Gasteiger partial charge < -0.3 is 19.2 Å². The quantitative estimate of drug-likeness (QED) is 0.276. The van der Waals surface area contributed by atoms with Gasteiger partial charge in [-0.3, -0.25) is 19.7 Å². The largest absolute Gasteiger partial charge is 0.494 e. The van der Waals surface area contributed by atoms with Crippen molar-refractivity contribution in [1.82, 2.24) is 10.6 Å². The summed E-state index contributed by atoms with van der Waals surface area (Å²) in [6, 6.07) is 9.34. The number of carbonyl (C=O) groups is 4. The molecule has 1 heterocycles. The number of amides is 3. The number of urea groups is 1. The molecule has 0 radical (unpaired) electrons. The van der Waals surface area contributed by atoms with Gasteiger partial charge in [-0.1, -0.05) is 19.8 Å². The smallest absolute Gasteiger partial charge is 0.321 e. The van der Waals surface area contributed by atoms with Gasteiger partial charge in [0.1, 0.15) is 11.5 Å². The van der Waals surface area contributed by atoms with E-state index in [1.807, 2.05) is 5.32 Å². The maximum atomic E-state index is 12.2. The Balaban J connectivity index is 1.61. The van der Waals surface area contributed by atoms with Gasteiger partial charge in [-0.2, -0.15) is 0 Å². The number of furan rings is 1. The van der Waals surface area contributed by atoms with Crippen molar-refractivity contribution in [2.45, 2.75) is 45.6 Å². The number of Topliss-reactive ketones (excluding diaryl/α,β-unsaturated/α-hetero) is 1. The number of hydrogen-bond donors (Lipinski definition) is 2. The van der Waals surface area contributed by atoms with E-state index in [0.717, 1.165) is 19.3 Å². The number of nitrogens with one attached hydrogen (secondary N) is 2. The van der Waals surface area contributed by atoms with Gasteiger partial charge in [0.05, 0.1) is 25.8 Å². The highest BCUT2D eigenvalue weighted by Gasteiger charge is 2.14. The van der Waals surface area contributed by atoms with Crippen LogP contribution in [0, 0.1) is 0 Å². The summed E-state index contributed by atoms with van der Waals surface area (Å²) in [5.74, 6) is -0.494. The Morgan fingerprint density at radius 3 is 2.47 bits per heavy atom. The third-order valence-electron chi connectivity index (χ3n) is 4.37. The van der Waals surface area contributed by atoms with E-state index < -0.39 is 24.5 Å². The highest BCUT2D eigenvalue weighted by molar-refractivity contribution is 5.98. The molecule has 0 aliphatic carbocycles. The van der Waals surface area contributed by atoms with Crippen molar-refractivity contribution in [3.8, 4) is 5.75 Å². The fourth-order valence-corrected chi connectivity index (χ4v) is 2.64. The molecule has 2 N–H and O–H groups in total. The van der Waals surface area contributed by atoms with Crippen molar-refractivity contribution in [2.24, 2.45) is 0 Å². The van der Waals surface area contributed by atoms with E-state index in [0.29, 0.717) is 23.7 Å². The molecule has 9 heteroatoms. The van der Waals surface area contributed by atoms with Gasteiger partial charge in [-0.25, -0.2) is 4.79 Å². The zero-order valence-electron chi connectivity index (χ0n) is 18.1. The summed E-state index contributed by atoms with van der Waals surface area (Å²) in [4.78, 5) is 47.3. The Kier molecular flexibility index (Phi) is 10.5. The summed E-state index contributed by atoms with van der Waals surface area (Å²) in [7, 11) is 0. The minimum atomic E-state index is -0.781. The summed E-state index contributed by atoms with van der Waals surface area (Å²) in [5, 5.41) is 4.45. The SMILES string of the molecule is CCCCCOc1ccc(C(=O)CCC(=O)OCC(=O)NC(=O)NCc2ccco2)cc1. The maximum absolute atomic E-state index is 12.2. The fraction of sp³-hybridized carbons (Fsp3) is 0.391. The second-order valence-electron chi connectivity index (χ2n) is 6.97. The van der Waals surface area contributed by atoms with Gasteiger partial charge in [0.2, 0.25) is 0 Å². The summed E-state index contributed by atoms with van der Waals surface area (Å²) in [5.41, 5.74) is 0.463. The van der Waals surface area contributed by atoms with Crippen molar-refractivity contribution in [1.29, 1.82) is 0 Å². The molecule has 0 unspecified atom stereocenters. The molecule has 0 atom stereocenters. The number of hydrogen-bond acceptors (Lipinski definition) is 7. The summed E-state index contributed by atoms with van der Waals surface area (Å²) >= 11 is 0. The first-order valence-electron chi connectivity index (χ1n) is 10.5. The normalized spacial score (nSPS) is 10.3. The Morgan fingerprint density at radius 2 is 1.78 bits per heavy atom. The van der Waals surface area contributed by atoms with Crippen LogP contribution in [0.15, 0.2) is 47.1 Å². The number of benzene rings is 1. The van der Waals surface area contributed by atoms with Gasteiger partial charge in [0.15, 0.2) is 12.4 Å². The van der Waals surface area contributed by atoms with Crippen LogP contribution < -0.4 is 15.4 Å². The monoisotopic (exact) mass is 444 g/mol. The van der Waals surface area contributed by atoms with Gasteiger partial charge in [0.25, 0.3) is 5.91 Å². The van der Waals surface area contributed by atoms with Gasteiger partial charge in [0, 0.05) is 12.0 Å². The van der Waals surface area contributed by atoms with Gasteiger partial charge in [-0.15, -0.1) is 0 Å². The molecule has 32 heavy (non-hydrogen) atoms. The number of rotatable bonds is 13. The third kappa shape index (κ3) is 9.46. The molecule has 0 saturated heterocycles. The molecule has 1 aromatic carbocycles. The minimum Gasteiger partial charge on any atom is -0.494 e. The molecule has 172 valence electrons. The van der Waals surface area contributed by atoms with Crippen molar-refractivity contribution >= 4 is 23.7 Å². The molecule has 2 aromatic rings. The molecule has 9 nitrogen and oxygen atoms in total. The number of unbranched alkanes of at least 4 members (excludes halogenated alkanes) is 2. The van der Waals surface area contributed by atoms with Crippen LogP contribution >= 0.6 is 0 Å². The Labute approximate surface area is 186 Å². The molecular weight excluding hydrogens is 416 g/mol. The van der Waals surface area contributed by atoms with E-state index in [-0.39, 0.29) is 25.2 Å². The molecule has 1 aromatic heterocycles. The van der Waals surface area contributed by atoms with E-state index in [9.17, 15) is 19.2 Å². The molecule has 0 aliphatic rings. The highest BCUT2D eigenvalue weighted by Crippen LogP contribution is 2.15. The first kappa shape index (κ1) is 24.6. The summed E-state index contributed by atoms with van der Waals surface area (Å²) in [6.45, 7) is 2.24. The van der Waals surface area contributed by atoms with Crippen LogP contribution in [0.25, 0.3) is 0 Å². The summed E-state index contributed by atoms with van der Waals surface area (Å²) in [6.07, 6.45) is 4.43. The lowest BCUT2D eigenvalue weighted by Gasteiger charge is -2.07. The average molecular weight is 444 g/mol. The molecular formula is C23H28N2O7. The Bertz CT molecular complexity index is 876. The molecule has 0 aliphatic heterocycles. The second kappa shape index (κ2) is 13.6. The zero-order chi connectivity index (χ0) is 23.2. The lowest BCUT2D eigenvalue weighted by molar-refractivity contribution is -0.148. The van der Waals surface area contributed by atoms with E-state index >= 15 is 0 Å². The van der Waals surface area contributed by atoms with Crippen molar-refractivity contribution < 1.29 is 33.1 Å². The van der Waals surface area contributed by atoms with Crippen molar-refractivity contribution in [2.75, 3.05) is 13.2 Å². The minimum absolute atomic E-state index is 0.0548. The first-order chi connectivity index (χ1) is 15.5. The molecule has 0 bridgehead atoms. The fourth-order valence-electron chi connectivity index (χ4n) is 2.64. The Hall–Kier alpha value is -3.62. The van der Waals surface area contributed by atoms with Crippen LogP contribution in [0.3, 0.4) is 0 Å². The number of carbonyl (C=O) groups excluding carboxylic acids is 4. The molecule has 2 rings (SSSR count). The number of ketones is 1. The van der Waals surface area contributed by atoms with E-state index in [2.05, 4.69) is 12.2 Å². The van der Waals surface area contributed by atoms with E-state index in [4.69, 9.17) is 13.9 Å². The van der Waals surface area contributed by atoms with Crippen LogP contribution in [0.2, 0.25) is 0 Å². The van der Waals surface area contributed by atoms with Crippen LogP contribution in [-0.2, 0) is 20.9 Å². The molecule has 0 spiro atoms. The van der Waals surface area contributed by atoms with E-state index in [1.54, 1.807) is 36.4 Å². The number of esters is 1. The topological polar surface area (TPSA) is 124 Å². The van der Waals surface area contributed by atoms with Crippen molar-refractivity contribution in [3.63, 3.8) is 0 Å². The number of ether oxygens (including phenoxy) is 2. The lowest BCUT2D eigenvalue weighted by Crippen LogP contribution is -2.41. The second-order valence-corrected chi connectivity index (χ2v) is 6.97. The summed E-state index contributed by atoms with van der Waals surface area (Å²) < 4.78 is 15.4. The predicted octanol–water partition coefficient (Wildman–Crippen LogP) is 3.38. The molecule has 0 saturated carbocycles. The zero-order valence-corrected chi connectivity index (χ0v) is 18.1. The maximum Gasteiger partial charge on any atom is 0.321 e. The third-order valence-corrected chi connectivity index (χ3v) is 4.37. The van der Waals surface area contributed by atoms with Gasteiger partial charge >= 0.3 is 12.0 Å².